The quantitative estimate of drug-likeness (QED) is 0.497. The van der Waals surface area contributed by atoms with E-state index in [0.717, 1.165) is 12.1 Å². The molecule has 1 atom stereocenters. The van der Waals surface area contributed by atoms with Gasteiger partial charge in [-0.15, -0.1) is 0 Å². The fourth-order valence-electron chi connectivity index (χ4n) is 3.14. The van der Waals surface area contributed by atoms with Crippen LogP contribution in [0.1, 0.15) is 26.3 Å². The Balaban J connectivity index is 1.72. The summed E-state index contributed by atoms with van der Waals surface area (Å²) in [6.45, 7) is 6.23. The largest absolute Gasteiger partial charge is 0.489 e. The lowest BCUT2D eigenvalue weighted by molar-refractivity contribution is -0.0557. The van der Waals surface area contributed by atoms with E-state index in [0.29, 0.717) is 16.7 Å². The molecule has 0 bridgehead atoms. The third kappa shape index (κ3) is 6.91. The second-order valence-electron chi connectivity index (χ2n) is 8.42. The highest BCUT2D eigenvalue weighted by Crippen LogP contribution is 2.31. The summed E-state index contributed by atoms with van der Waals surface area (Å²) in [6.07, 6.45) is -0.948. The van der Waals surface area contributed by atoms with Gasteiger partial charge in [0.15, 0.2) is 0 Å². The van der Waals surface area contributed by atoms with Crippen LogP contribution in [0.4, 0.5) is 25.0 Å². The third-order valence-corrected chi connectivity index (χ3v) is 5.27. The molecule has 0 radical (unpaired) electrons. The van der Waals surface area contributed by atoms with Crippen LogP contribution in [0.2, 0.25) is 0 Å². The molecule has 1 aliphatic rings. The highest BCUT2D eigenvalue weighted by atomic mass is 127. The summed E-state index contributed by atoms with van der Waals surface area (Å²) in [5, 5.41) is 12.4. The van der Waals surface area contributed by atoms with Gasteiger partial charge in [0, 0.05) is 16.2 Å². The van der Waals surface area contributed by atoms with Crippen molar-refractivity contribution >= 4 is 40.1 Å². The van der Waals surface area contributed by atoms with Crippen LogP contribution in [-0.4, -0.2) is 49.0 Å². The summed E-state index contributed by atoms with van der Waals surface area (Å²) in [6, 6.07) is 8.68. The summed E-state index contributed by atoms with van der Waals surface area (Å²) in [7, 11) is 0. The van der Waals surface area contributed by atoms with Crippen LogP contribution in [0.5, 0.6) is 5.75 Å². The number of benzene rings is 2. The molecule has 3 rings (SSSR count). The Morgan fingerprint density at radius 2 is 2.06 bits per heavy atom. The van der Waals surface area contributed by atoms with E-state index in [-0.39, 0.29) is 35.8 Å². The Kier molecular flexibility index (Phi) is 7.97. The van der Waals surface area contributed by atoms with E-state index in [9.17, 15) is 18.8 Å². The number of morpholine rings is 1. The molecule has 1 saturated heterocycles. The minimum absolute atomic E-state index is 0.0103. The number of hydrogen-bond donors (Lipinski definition) is 1. The maximum atomic E-state index is 14.3. The van der Waals surface area contributed by atoms with E-state index in [1.807, 2.05) is 28.7 Å². The Bertz CT molecular complexity index is 1070. The van der Waals surface area contributed by atoms with E-state index in [4.69, 9.17) is 14.2 Å². The zero-order valence-corrected chi connectivity index (χ0v) is 20.6. The standard InChI is InChI=1S/C23H24F2IN3O4/c1-23(2,3)33-22(30)29-6-7-31-16(12-29)13-32-21-9-14(24)8-20(17(21)11-27)28-19-5-4-15(26)10-18(19)25/h4-5,8-10,16,28H,6-7,12-13H2,1-3H3. The average Bonchev–Trinajstić information content (AvgIpc) is 2.73. The predicted octanol–water partition coefficient (Wildman–Crippen LogP) is 5.20. The molecule has 176 valence electrons. The Hall–Kier alpha value is -2.65. The second kappa shape index (κ2) is 10.5. The molecular formula is C23H24F2IN3O4. The number of nitrogens with zero attached hydrogens (tertiary/aromatic N) is 2. The first kappa shape index (κ1) is 25.0. The maximum absolute atomic E-state index is 14.3. The molecule has 0 saturated carbocycles. The van der Waals surface area contributed by atoms with E-state index in [2.05, 4.69) is 5.32 Å². The van der Waals surface area contributed by atoms with E-state index >= 15 is 0 Å². The fraction of sp³-hybridized carbons (Fsp3) is 0.391. The maximum Gasteiger partial charge on any atom is 0.410 e. The van der Waals surface area contributed by atoms with Crippen molar-refractivity contribution in [2.45, 2.75) is 32.5 Å². The molecule has 2 aromatic rings. The predicted molar refractivity (Wildman–Crippen MR) is 127 cm³/mol. The molecule has 1 fully saturated rings. The molecule has 1 N–H and O–H groups in total. The van der Waals surface area contributed by atoms with Gasteiger partial charge in [0.05, 0.1) is 24.5 Å². The van der Waals surface area contributed by atoms with Gasteiger partial charge in [-0.1, -0.05) is 0 Å². The number of carbonyl (C=O) groups is 1. The number of nitriles is 1. The highest BCUT2D eigenvalue weighted by molar-refractivity contribution is 14.1. The lowest BCUT2D eigenvalue weighted by Crippen LogP contribution is -2.49. The zero-order valence-electron chi connectivity index (χ0n) is 18.5. The number of anilines is 2. The van der Waals surface area contributed by atoms with E-state index in [1.165, 1.54) is 17.0 Å². The zero-order chi connectivity index (χ0) is 24.2. The molecular weight excluding hydrogens is 547 g/mol. The minimum Gasteiger partial charge on any atom is -0.489 e. The number of rotatable bonds is 5. The van der Waals surface area contributed by atoms with E-state index in [1.54, 1.807) is 26.8 Å². The van der Waals surface area contributed by atoms with Gasteiger partial charge in [0.1, 0.15) is 47.3 Å². The monoisotopic (exact) mass is 571 g/mol. The first-order valence-electron chi connectivity index (χ1n) is 10.2. The van der Waals surface area contributed by atoms with Crippen LogP contribution in [0, 0.1) is 26.5 Å². The lowest BCUT2D eigenvalue weighted by atomic mass is 10.1. The number of ether oxygens (including phenoxy) is 3. The molecule has 1 amide bonds. The number of nitrogens with one attached hydrogen (secondary N) is 1. The molecule has 7 nitrogen and oxygen atoms in total. The van der Waals surface area contributed by atoms with Crippen molar-refractivity contribution in [1.29, 1.82) is 5.26 Å². The Labute approximate surface area is 204 Å². The lowest BCUT2D eigenvalue weighted by Gasteiger charge is -2.34. The van der Waals surface area contributed by atoms with Crippen molar-refractivity contribution in [2.24, 2.45) is 0 Å². The summed E-state index contributed by atoms with van der Waals surface area (Å²) < 4.78 is 46.0. The van der Waals surface area contributed by atoms with Gasteiger partial charge in [-0.3, -0.25) is 0 Å². The van der Waals surface area contributed by atoms with Crippen LogP contribution in [0.15, 0.2) is 30.3 Å². The van der Waals surface area contributed by atoms with Crippen LogP contribution in [0.3, 0.4) is 0 Å². The van der Waals surface area contributed by atoms with Gasteiger partial charge in [-0.2, -0.15) is 5.26 Å². The first-order valence-corrected chi connectivity index (χ1v) is 11.3. The number of halogens is 3. The normalized spacial score (nSPS) is 16.2. The minimum atomic E-state index is -0.655. The van der Waals surface area contributed by atoms with Gasteiger partial charge in [0.25, 0.3) is 0 Å². The molecule has 2 aromatic carbocycles. The van der Waals surface area contributed by atoms with Crippen LogP contribution in [-0.2, 0) is 9.47 Å². The second-order valence-corrected chi connectivity index (χ2v) is 9.66. The van der Waals surface area contributed by atoms with Crippen LogP contribution >= 0.6 is 22.6 Å². The van der Waals surface area contributed by atoms with Crippen LogP contribution in [0.25, 0.3) is 0 Å². The van der Waals surface area contributed by atoms with Gasteiger partial charge in [-0.05, 0) is 67.6 Å². The number of amides is 1. The molecule has 0 aliphatic carbocycles. The first-order chi connectivity index (χ1) is 15.6. The van der Waals surface area contributed by atoms with Gasteiger partial charge >= 0.3 is 6.09 Å². The number of carbonyl (C=O) groups excluding carboxylic acids is 1. The van der Waals surface area contributed by atoms with Gasteiger partial charge < -0.3 is 24.4 Å². The fourth-order valence-corrected chi connectivity index (χ4v) is 3.59. The summed E-state index contributed by atoms with van der Waals surface area (Å²) in [5.74, 6) is -1.20. The molecule has 1 aliphatic heterocycles. The molecule has 0 aromatic heterocycles. The smallest absolute Gasteiger partial charge is 0.410 e. The Morgan fingerprint density at radius 3 is 2.73 bits per heavy atom. The molecule has 1 unspecified atom stereocenters. The molecule has 10 heteroatoms. The topological polar surface area (TPSA) is 83.8 Å². The summed E-state index contributed by atoms with van der Waals surface area (Å²) >= 11 is 1.98. The van der Waals surface area contributed by atoms with Crippen LogP contribution < -0.4 is 10.1 Å². The van der Waals surface area contributed by atoms with E-state index < -0.39 is 29.4 Å². The van der Waals surface area contributed by atoms with Gasteiger partial charge in [0.2, 0.25) is 0 Å². The highest BCUT2D eigenvalue weighted by Gasteiger charge is 2.29. The average molecular weight is 571 g/mol. The third-order valence-electron chi connectivity index (χ3n) is 4.59. The molecule has 0 spiro atoms. The van der Waals surface area contributed by atoms with Crippen molar-refractivity contribution in [2.75, 3.05) is 31.6 Å². The summed E-state index contributed by atoms with van der Waals surface area (Å²) in [5.41, 5.74) is -0.418. The van der Waals surface area contributed by atoms with Crippen molar-refractivity contribution < 1.29 is 27.8 Å². The molecule has 1 heterocycles. The summed E-state index contributed by atoms with van der Waals surface area (Å²) in [4.78, 5) is 13.8. The van der Waals surface area contributed by atoms with Crippen molar-refractivity contribution in [3.05, 3.63) is 51.1 Å². The van der Waals surface area contributed by atoms with Gasteiger partial charge in [-0.25, -0.2) is 13.6 Å². The van der Waals surface area contributed by atoms with Crippen molar-refractivity contribution in [3.63, 3.8) is 0 Å². The number of hydrogen-bond acceptors (Lipinski definition) is 6. The molecule has 33 heavy (non-hydrogen) atoms. The SMILES string of the molecule is CC(C)(C)OC(=O)N1CCOC(COc2cc(F)cc(Nc3ccc(I)cc3F)c2C#N)C1. The van der Waals surface area contributed by atoms with Crippen molar-refractivity contribution in [3.8, 4) is 11.8 Å². The Morgan fingerprint density at radius 1 is 1.30 bits per heavy atom. The van der Waals surface area contributed by atoms with Crippen molar-refractivity contribution in [1.82, 2.24) is 4.90 Å².